The van der Waals surface area contributed by atoms with E-state index in [4.69, 9.17) is 10.7 Å². The molecule has 0 bridgehead atoms. The Morgan fingerprint density at radius 3 is 2.12 bits per heavy atom. The van der Waals surface area contributed by atoms with Crippen molar-refractivity contribution in [1.29, 1.82) is 10.5 Å². The number of nitrogens with two attached hydrogens (primary N) is 1. The fourth-order valence-electron chi connectivity index (χ4n) is 4.32. The summed E-state index contributed by atoms with van der Waals surface area (Å²) in [7, 11) is 0. The second kappa shape index (κ2) is 6.51. The van der Waals surface area contributed by atoms with Gasteiger partial charge in [0.1, 0.15) is 16.7 Å². The van der Waals surface area contributed by atoms with E-state index in [-0.39, 0.29) is 5.92 Å². The third-order valence-corrected chi connectivity index (χ3v) is 8.44. The Labute approximate surface area is 164 Å². The first kappa shape index (κ1) is 19.1. The van der Waals surface area contributed by atoms with Gasteiger partial charge in [-0.1, -0.05) is 52.0 Å². The lowest BCUT2D eigenvalue weighted by Crippen LogP contribution is -2.31. The molecule has 0 aromatic heterocycles. The zero-order chi connectivity index (χ0) is 19.2. The van der Waals surface area contributed by atoms with Crippen LogP contribution in [-0.2, 0) is 0 Å². The van der Waals surface area contributed by atoms with Gasteiger partial charge < -0.3 is 5.73 Å². The van der Waals surface area contributed by atoms with Crippen molar-refractivity contribution in [3.8, 4) is 12.1 Å². The van der Waals surface area contributed by atoms with E-state index >= 15 is 0 Å². The van der Waals surface area contributed by atoms with Gasteiger partial charge in [-0.05, 0) is 28.6 Å². The quantitative estimate of drug-likeness (QED) is 0.732. The number of rotatable bonds is 6. The maximum absolute atomic E-state index is 10.3. The summed E-state index contributed by atoms with van der Waals surface area (Å²) in [6, 6.07) is 13.2. The van der Waals surface area contributed by atoms with E-state index in [1.165, 1.54) is 5.56 Å². The zero-order valence-electron chi connectivity index (χ0n) is 15.6. The lowest BCUT2D eigenvalue weighted by Gasteiger charge is -2.31. The van der Waals surface area contributed by atoms with Gasteiger partial charge in [-0.25, -0.2) is 4.99 Å². The maximum Gasteiger partial charge on any atom is 0.175 e. The van der Waals surface area contributed by atoms with Gasteiger partial charge in [-0.3, -0.25) is 0 Å². The molecule has 3 unspecified atom stereocenters. The Bertz CT molecular complexity index is 812. The van der Waals surface area contributed by atoms with Crippen LogP contribution in [-0.4, -0.2) is 21.5 Å². The summed E-state index contributed by atoms with van der Waals surface area (Å²) in [6.07, 6.45) is 0. The largest absolute Gasteiger partial charge is 0.386 e. The highest BCUT2D eigenvalue weighted by Gasteiger charge is 2.91. The highest BCUT2D eigenvalue weighted by atomic mass is 32.2. The van der Waals surface area contributed by atoms with Crippen molar-refractivity contribution in [3.63, 3.8) is 0 Å². The number of hydrogen-bond donors (Lipinski definition) is 1. The van der Waals surface area contributed by atoms with E-state index in [9.17, 15) is 10.5 Å². The Morgan fingerprint density at radius 2 is 1.69 bits per heavy atom. The number of benzene rings is 1. The average Bonchev–Trinajstić information content (AvgIpc) is 3.21. The predicted octanol–water partition coefficient (Wildman–Crippen LogP) is 4.46. The molecule has 26 heavy (non-hydrogen) atoms. The van der Waals surface area contributed by atoms with Crippen molar-refractivity contribution in [3.05, 3.63) is 35.4 Å². The number of aliphatic imine (C=N–C) groups is 1. The summed E-state index contributed by atoms with van der Waals surface area (Å²) in [5.41, 5.74) is 6.63. The first-order valence-corrected chi connectivity index (χ1v) is 10.9. The third kappa shape index (κ3) is 2.12. The number of thioether (sulfide) groups is 2. The molecule has 1 aliphatic carbocycles. The monoisotopic (exact) mass is 384 g/mol. The molecule has 1 aromatic rings. The van der Waals surface area contributed by atoms with Crippen LogP contribution in [0, 0.1) is 33.5 Å². The number of fused-ring (bicyclic) bond motifs is 1. The summed E-state index contributed by atoms with van der Waals surface area (Å²) in [5.74, 6) is 2.15. The van der Waals surface area contributed by atoms with E-state index in [0.717, 1.165) is 17.1 Å². The molecule has 1 fully saturated rings. The number of amidine groups is 1. The van der Waals surface area contributed by atoms with Gasteiger partial charge in [-0.15, -0.1) is 23.5 Å². The molecule has 3 rings (SSSR count). The van der Waals surface area contributed by atoms with E-state index < -0.39 is 15.0 Å². The maximum atomic E-state index is 10.3. The fourth-order valence-corrected chi connectivity index (χ4v) is 7.58. The van der Waals surface area contributed by atoms with Gasteiger partial charge in [-0.2, -0.15) is 10.5 Å². The van der Waals surface area contributed by atoms with E-state index in [2.05, 4.69) is 64.1 Å². The molecule has 1 aliphatic heterocycles. The number of nitrogens with zero attached hydrogens (tertiary/aromatic N) is 3. The normalized spacial score (nSPS) is 31.0. The highest BCUT2D eigenvalue weighted by Crippen LogP contribution is 2.85. The van der Waals surface area contributed by atoms with Crippen LogP contribution in [0.3, 0.4) is 0 Å². The highest BCUT2D eigenvalue weighted by molar-refractivity contribution is 8.18. The molecule has 2 aliphatic rings. The Morgan fingerprint density at radius 1 is 1.12 bits per heavy atom. The molecule has 136 valence electrons. The van der Waals surface area contributed by atoms with Gasteiger partial charge in [0.15, 0.2) is 4.20 Å². The summed E-state index contributed by atoms with van der Waals surface area (Å²) >= 11 is 3.26. The summed E-state index contributed by atoms with van der Waals surface area (Å²) < 4.78 is -0.716. The third-order valence-electron chi connectivity index (χ3n) is 5.54. The molecular weight excluding hydrogens is 360 g/mol. The van der Waals surface area contributed by atoms with Crippen molar-refractivity contribution >= 4 is 29.4 Å². The molecule has 6 heteroatoms. The number of hydrogen-bond acceptors (Lipinski definition) is 6. The van der Waals surface area contributed by atoms with Crippen LogP contribution < -0.4 is 5.73 Å². The van der Waals surface area contributed by atoms with Crippen LogP contribution in [0.5, 0.6) is 0 Å². The molecule has 1 saturated carbocycles. The van der Waals surface area contributed by atoms with Crippen LogP contribution in [0.1, 0.15) is 50.7 Å². The molecule has 2 N–H and O–H groups in total. The summed E-state index contributed by atoms with van der Waals surface area (Å²) in [6.45, 7) is 8.42. The Balaban J connectivity index is 2.15. The van der Waals surface area contributed by atoms with Gasteiger partial charge in [0.25, 0.3) is 0 Å². The number of nitriles is 2. The molecule has 0 saturated heterocycles. The molecule has 3 atom stereocenters. The SMILES string of the molecule is CCSC1(SCC)N=C(N)C2(C#N)C(c3ccc(C(C)C)cc3)C12C#N. The van der Waals surface area contributed by atoms with E-state index in [1.807, 2.05) is 0 Å². The molecule has 0 radical (unpaired) electrons. The van der Waals surface area contributed by atoms with Crippen LogP contribution in [0.15, 0.2) is 29.3 Å². The van der Waals surface area contributed by atoms with E-state index in [1.54, 1.807) is 23.5 Å². The summed E-state index contributed by atoms with van der Waals surface area (Å²) in [5, 5.41) is 20.4. The standard InChI is InChI=1S/C20H24N4S2/c1-5-25-20(26-6-2)19(12-22)16(18(19,11-21)17(23)24-20)15-9-7-14(8-10-15)13(3)4/h7-10,13,16H,5-6H2,1-4H3,(H2,23,24). The zero-order valence-corrected chi connectivity index (χ0v) is 17.2. The van der Waals surface area contributed by atoms with Crippen molar-refractivity contribution in [2.45, 2.75) is 43.7 Å². The lowest BCUT2D eigenvalue weighted by atomic mass is 9.96. The van der Waals surface area contributed by atoms with Crippen LogP contribution >= 0.6 is 23.5 Å². The minimum atomic E-state index is -1.02. The topological polar surface area (TPSA) is 86.0 Å². The first-order chi connectivity index (χ1) is 12.4. The minimum absolute atomic E-state index is 0.234. The second-order valence-corrected chi connectivity index (χ2v) is 10.2. The average molecular weight is 385 g/mol. The first-order valence-electron chi connectivity index (χ1n) is 8.96. The van der Waals surface area contributed by atoms with Crippen LogP contribution in [0.25, 0.3) is 0 Å². The molecule has 1 aromatic carbocycles. The van der Waals surface area contributed by atoms with Gasteiger partial charge in [0.05, 0.1) is 12.1 Å². The predicted molar refractivity (Wildman–Crippen MR) is 110 cm³/mol. The van der Waals surface area contributed by atoms with Gasteiger partial charge in [0, 0.05) is 5.92 Å². The fraction of sp³-hybridized carbons (Fsp3) is 0.550. The van der Waals surface area contributed by atoms with Crippen molar-refractivity contribution in [2.75, 3.05) is 11.5 Å². The molecule has 0 amide bonds. The van der Waals surface area contributed by atoms with Crippen LogP contribution in [0.2, 0.25) is 0 Å². The van der Waals surface area contributed by atoms with Crippen molar-refractivity contribution in [1.82, 2.24) is 0 Å². The Hall–Kier alpha value is -1.63. The lowest BCUT2D eigenvalue weighted by molar-refractivity contribution is 0.564. The van der Waals surface area contributed by atoms with Crippen molar-refractivity contribution in [2.24, 2.45) is 21.6 Å². The summed E-state index contributed by atoms with van der Waals surface area (Å²) in [4.78, 5) is 4.71. The molecule has 0 spiro atoms. The second-order valence-electron chi connectivity index (χ2n) is 7.04. The minimum Gasteiger partial charge on any atom is -0.386 e. The van der Waals surface area contributed by atoms with Crippen molar-refractivity contribution < 1.29 is 0 Å². The van der Waals surface area contributed by atoms with Gasteiger partial charge >= 0.3 is 0 Å². The van der Waals surface area contributed by atoms with Gasteiger partial charge in [0.2, 0.25) is 0 Å². The van der Waals surface area contributed by atoms with Crippen LogP contribution in [0.4, 0.5) is 0 Å². The molecular formula is C20H24N4S2. The van der Waals surface area contributed by atoms with E-state index in [0.29, 0.717) is 11.8 Å². The molecule has 1 heterocycles. The molecule has 4 nitrogen and oxygen atoms in total. The smallest absolute Gasteiger partial charge is 0.175 e. The Kier molecular flexibility index (Phi) is 4.80.